The van der Waals surface area contributed by atoms with E-state index in [1.807, 2.05) is 6.07 Å². The first-order valence-electron chi connectivity index (χ1n) is 5.87. The molecule has 0 aliphatic rings. The predicted molar refractivity (Wildman–Crippen MR) is 72.4 cm³/mol. The molecule has 0 unspecified atom stereocenters. The number of hydrogen-bond acceptors (Lipinski definition) is 4. The largest absolute Gasteiger partial charge is 0.497 e. The molecule has 0 amide bonds. The number of nitrogens with zero attached hydrogens (tertiary/aromatic N) is 2. The predicted octanol–water partition coefficient (Wildman–Crippen LogP) is 3.77. The van der Waals surface area contributed by atoms with Gasteiger partial charge in [-0.15, -0.1) is 0 Å². The summed E-state index contributed by atoms with van der Waals surface area (Å²) < 4.78 is 42.9. The van der Waals surface area contributed by atoms with E-state index < -0.39 is 17.2 Å². The molecule has 112 valence electrons. The number of aromatic nitrogens is 2. The number of nitrogens with one attached hydrogen (secondary N) is 1. The van der Waals surface area contributed by atoms with Crippen LogP contribution in [0.2, 0.25) is 5.28 Å². The molecule has 0 spiro atoms. The summed E-state index contributed by atoms with van der Waals surface area (Å²) in [5, 5.41) is 2.31. The van der Waals surface area contributed by atoms with Gasteiger partial charge in [-0.25, -0.2) is 9.97 Å². The van der Waals surface area contributed by atoms with Gasteiger partial charge in [0, 0.05) is 12.6 Å². The first-order valence-corrected chi connectivity index (χ1v) is 6.25. The highest BCUT2D eigenvalue weighted by atomic mass is 35.5. The minimum absolute atomic E-state index is 0.00476. The van der Waals surface area contributed by atoms with Gasteiger partial charge in [0.2, 0.25) is 5.28 Å². The average molecular weight is 318 g/mol. The van der Waals surface area contributed by atoms with Crippen LogP contribution in [0, 0.1) is 0 Å². The van der Waals surface area contributed by atoms with E-state index in [4.69, 9.17) is 16.3 Å². The number of anilines is 1. The molecular formula is C13H11ClF3N3O. The minimum Gasteiger partial charge on any atom is -0.497 e. The van der Waals surface area contributed by atoms with Crippen molar-refractivity contribution in [3.63, 3.8) is 0 Å². The SMILES string of the molecule is COc1cccc(CNc2cc(C(F)(F)F)nc(Cl)n2)c1. The minimum atomic E-state index is -4.57. The van der Waals surface area contributed by atoms with Crippen molar-refractivity contribution in [2.75, 3.05) is 12.4 Å². The van der Waals surface area contributed by atoms with Gasteiger partial charge in [-0.1, -0.05) is 12.1 Å². The van der Waals surface area contributed by atoms with Crippen LogP contribution < -0.4 is 10.1 Å². The molecule has 0 aliphatic carbocycles. The number of ether oxygens (including phenoxy) is 1. The fourth-order valence-corrected chi connectivity index (χ4v) is 1.81. The number of halogens is 4. The molecule has 21 heavy (non-hydrogen) atoms. The van der Waals surface area contributed by atoms with E-state index >= 15 is 0 Å². The molecule has 0 saturated heterocycles. The zero-order chi connectivity index (χ0) is 15.5. The lowest BCUT2D eigenvalue weighted by atomic mass is 10.2. The highest BCUT2D eigenvalue weighted by Crippen LogP contribution is 2.29. The molecule has 8 heteroatoms. The van der Waals surface area contributed by atoms with Crippen molar-refractivity contribution in [3.8, 4) is 5.75 Å². The van der Waals surface area contributed by atoms with E-state index in [1.54, 1.807) is 18.2 Å². The highest BCUT2D eigenvalue weighted by molar-refractivity contribution is 6.28. The maximum atomic E-state index is 12.6. The Balaban J connectivity index is 2.14. The van der Waals surface area contributed by atoms with Crippen LogP contribution in [0.25, 0.3) is 0 Å². The number of alkyl halides is 3. The van der Waals surface area contributed by atoms with Gasteiger partial charge in [0.1, 0.15) is 11.6 Å². The zero-order valence-corrected chi connectivity index (χ0v) is 11.7. The van der Waals surface area contributed by atoms with Crippen molar-refractivity contribution in [1.29, 1.82) is 0 Å². The summed E-state index contributed by atoms with van der Waals surface area (Å²) in [6.07, 6.45) is -4.57. The van der Waals surface area contributed by atoms with Gasteiger partial charge in [-0.3, -0.25) is 0 Å². The molecule has 0 radical (unpaired) electrons. The van der Waals surface area contributed by atoms with Gasteiger partial charge in [0.05, 0.1) is 7.11 Å². The Bertz CT molecular complexity index is 634. The Morgan fingerprint density at radius 1 is 1.24 bits per heavy atom. The second-order valence-corrected chi connectivity index (χ2v) is 4.45. The molecule has 2 rings (SSSR count). The lowest BCUT2D eigenvalue weighted by Gasteiger charge is -2.10. The molecular weight excluding hydrogens is 307 g/mol. The van der Waals surface area contributed by atoms with Crippen LogP contribution in [0.3, 0.4) is 0 Å². The Morgan fingerprint density at radius 3 is 2.67 bits per heavy atom. The number of benzene rings is 1. The number of hydrogen-bond donors (Lipinski definition) is 1. The van der Waals surface area contributed by atoms with Crippen LogP contribution in [-0.2, 0) is 12.7 Å². The zero-order valence-electron chi connectivity index (χ0n) is 10.9. The fraction of sp³-hybridized carbons (Fsp3) is 0.231. The normalized spacial score (nSPS) is 11.3. The van der Waals surface area contributed by atoms with Gasteiger partial charge in [0.25, 0.3) is 0 Å². The summed E-state index contributed by atoms with van der Waals surface area (Å²) >= 11 is 5.50. The van der Waals surface area contributed by atoms with Crippen molar-refractivity contribution >= 4 is 17.4 Å². The van der Waals surface area contributed by atoms with Crippen molar-refractivity contribution in [3.05, 3.63) is 46.9 Å². The molecule has 0 bridgehead atoms. The lowest BCUT2D eigenvalue weighted by Crippen LogP contribution is -2.11. The van der Waals surface area contributed by atoms with E-state index in [1.165, 1.54) is 7.11 Å². The van der Waals surface area contributed by atoms with Crippen molar-refractivity contribution in [2.24, 2.45) is 0 Å². The van der Waals surface area contributed by atoms with Crippen LogP contribution in [0.5, 0.6) is 5.75 Å². The summed E-state index contributed by atoms with van der Waals surface area (Å²) in [5.41, 5.74) is -0.256. The molecule has 1 aromatic carbocycles. The fourth-order valence-electron chi connectivity index (χ4n) is 1.63. The van der Waals surface area contributed by atoms with Crippen LogP contribution >= 0.6 is 11.6 Å². The van der Waals surface area contributed by atoms with E-state index in [2.05, 4.69) is 15.3 Å². The molecule has 2 aromatic rings. The molecule has 0 aliphatic heterocycles. The first kappa shape index (κ1) is 15.4. The molecule has 1 aromatic heterocycles. The van der Waals surface area contributed by atoms with E-state index in [9.17, 15) is 13.2 Å². The van der Waals surface area contributed by atoms with Gasteiger partial charge in [-0.2, -0.15) is 13.2 Å². The van der Waals surface area contributed by atoms with Crippen LogP contribution in [0.1, 0.15) is 11.3 Å². The van der Waals surface area contributed by atoms with E-state index in [-0.39, 0.29) is 12.4 Å². The molecule has 4 nitrogen and oxygen atoms in total. The third-order valence-corrected chi connectivity index (χ3v) is 2.77. The molecule has 0 atom stereocenters. The summed E-state index contributed by atoms with van der Waals surface area (Å²) in [7, 11) is 1.53. The van der Waals surface area contributed by atoms with Gasteiger partial charge < -0.3 is 10.1 Å². The van der Waals surface area contributed by atoms with E-state index in [0.29, 0.717) is 5.75 Å². The standard InChI is InChI=1S/C13H11ClF3N3O/c1-21-9-4-2-3-8(5-9)7-18-11-6-10(13(15,16)17)19-12(14)20-11/h2-6H,7H2,1H3,(H,18,19,20). The third kappa shape index (κ3) is 4.22. The van der Waals surface area contributed by atoms with Crippen LogP contribution in [0.4, 0.5) is 19.0 Å². The summed E-state index contributed by atoms with van der Waals surface area (Å²) in [6, 6.07) is 7.94. The van der Waals surface area contributed by atoms with Crippen molar-refractivity contribution in [1.82, 2.24) is 9.97 Å². The quantitative estimate of drug-likeness (QED) is 0.872. The highest BCUT2D eigenvalue weighted by Gasteiger charge is 2.33. The maximum Gasteiger partial charge on any atom is 0.433 e. The second kappa shape index (κ2) is 6.17. The maximum absolute atomic E-state index is 12.6. The van der Waals surface area contributed by atoms with Gasteiger partial charge >= 0.3 is 6.18 Å². The van der Waals surface area contributed by atoms with Gasteiger partial charge in [0.15, 0.2) is 5.69 Å². The number of methoxy groups -OCH3 is 1. The third-order valence-electron chi connectivity index (χ3n) is 2.60. The molecule has 0 saturated carbocycles. The summed E-state index contributed by atoms with van der Waals surface area (Å²) in [6.45, 7) is 0.280. The van der Waals surface area contributed by atoms with Crippen molar-refractivity contribution < 1.29 is 17.9 Å². The second-order valence-electron chi connectivity index (χ2n) is 4.11. The van der Waals surface area contributed by atoms with E-state index in [0.717, 1.165) is 11.6 Å². The Kier molecular flexibility index (Phi) is 4.52. The topological polar surface area (TPSA) is 47.0 Å². The lowest BCUT2D eigenvalue weighted by molar-refractivity contribution is -0.141. The van der Waals surface area contributed by atoms with Gasteiger partial charge in [-0.05, 0) is 29.3 Å². The Morgan fingerprint density at radius 2 is 2.00 bits per heavy atom. The molecule has 0 fully saturated rings. The van der Waals surface area contributed by atoms with Crippen LogP contribution in [0.15, 0.2) is 30.3 Å². The van der Waals surface area contributed by atoms with Crippen molar-refractivity contribution in [2.45, 2.75) is 12.7 Å². The first-order chi connectivity index (χ1) is 9.88. The smallest absolute Gasteiger partial charge is 0.433 e. The summed E-state index contributed by atoms with van der Waals surface area (Å²) in [4.78, 5) is 6.87. The average Bonchev–Trinajstić information content (AvgIpc) is 2.44. The molecule has 1 N–H and O–H groups in total. The summed E-state index contributed by atoms with van der Waals surface area (Å²) in [5.74, 6) is 0.663. The Labute approximate surface area is 123 Å². The monoisotopic (exact) mass is 317 g/mol. The number of rotatable bonds is 4. The molecule has 1 heterocycles. The van der Waals surface area contributed by atoms with Crippen LogP contribution in [-0.4, -0.2) is 17.1 Å². The Hall–Kier alpha value is -2.02.